The molecule has 0 unspecified atom stereocenters. The molecule has 0 aliphatic carbocycles. The van der Waals surface area contributed by atoms with E-state index in [9.17, 15) is 0 Å². The molecule has 0 N–H and O–H groups in total. The third-order valence-corrected chi connectivity index (χ3v) is 2.53. The Kier molecular flexibility index (Phi) is 3.36. The fourth-order valence-electron chi connectivity index (χ4n) is 1.15. The predicted octanol–water partition coefficient (Wildman–Crippen LogP) is 3.09. The second-order valence-electron chi connectivity index (χ2n) is 3.00. The van der Waals surface area contributed by atoms with Gasteiger partial charge in [0, 0.05) is 27.1 Å². The van der Waals surface area contributed by atoms with Gasteiger partial charge in [-0.3, -0.25) is 4.98 Å². The molecule has 0 aliphatic rings. The van der Waals surface area contributed by atoms with Gasteiger partial charge in [-0.15, -0.1) is 0 Å². The number of pyridine rings is 1. The minimum atomic E-state index is 0.990. The average molecular weight is 305 g/mol. The lowest BCUT2D eigenvalue weighted by Crippen LogP contribution is -1.77. The van der Waals surface area contributed by atoms with Crippen molar-refractivity contribution in [2.45, 2.75) is 0 Å². The molecule has 0 bridgehead atoms. The van der Waals surface area contributed by atoms with Crippen LogP contribution in [0.2, 0.25) is 0 Å². The fourth-order valence-corrected chi connectivity index (χ4v) is 1.69. The summed E-state index contributed by atoms with van der Waals surface area (Å²) in [7, 11) is 0. The Morgan fingerprint density at radius 3 is 2.40 bits per heavy atom. The molecule has 1 nitrogen and oxygen atoms in total. The Labute approximate surface area is 103 Å². The van der Waals surface area contributed by atoms with E-state index in [1.807, 2.05) is 24.3 Å². The zero-order valence-corrected chi connectivity index (χ0v) is 10.1. The molecule has 1 heterocycles. The van der Waals surface area contributed by atoms with Gasteiger partial charge in [0.25, 0.3) is 0 Å². The largest absolute Gasteiger partial charge is 0.265 e. The summed E-state index contributed by atoms with van der Waals surface area (Å²) in [5, 5.41) is 0. The first-order valence-corrected chi connectivity index (χ1v) is 5.60. The van der Waals surface area contributed by atoms with Gasteiger partial charge >= 0.3 is 0 Å². The maximum absolute atomic E-state index is 3.95. The predicted molar refractivity (Wildman–Crippen MR) is 69.4 cm³/mol. The highest BCUT2D eigenvalue weighted by Gasteiger charge is 1.88. The lowest BCUT2D eigenvalue weighted by Gasteiger charge is -1.91. The number of nitrogens with zero attached hydrogens (tertiary/aromatic N) is 1. The summed E-state index contributed by atoms with van der Waals surface area (Å²) in [5.74, 6) is 6.21. The van der Waals surface area contributed by atoms with Gasteiger partial charge in [-0.1, -0.05) is 17.9 Å². The summed E-state index contributed by atoms with van der Waals surface area (Å²) >= 11 is 2.28. The monoisotopic (exact) mass is 305 g/mol. The summed E-state index contributed by atoms with van der Waals surface area (Å²) in [6.07, 6.45) is 3.50. The van der Waals surface area contributed by atoms with Crippen LogP contribution in [0.5, 0.6) is 0 Å². The van der Waals surface area contributed by atoms with Crippen molar-refractivity contribution in [3.05, 3.63) is 63.5 Å². The molecule has 1 aromatic carbocycles. The molecule has 0 saturated heterocycles. The van der Waals surface area contributed by atoms with Gasteiger partial charge in [-0.25, -0.2) is 0 Å². The van der Waals surface area contributed by atoms with Crippen LogP contribution in [0.3, 0.4) is 0 Å². The van der Waals surface area contributed by atoms with Gasteiger partial charge < -0.3 is 0 Å². The normalized spacial score (nSPS) is 9.13. The standard InChI is InChI=1S/C13H8IN/c14-13-3-1-2-12(10-13)5-4-11-6-8-15-9-7-11/h1-3,6-10H. The molecule has 0 atom stereocenters. The van der Waals surface area contributed by atoms with Crippen molar-refractivity contribution in [3.63, 3.8) is 0 Å². The molecule has 72 valence electrons. The van der Waals surface area contributed by atoms with Crippen LogP contribution in [-0.2, 0) is 0 Å². The molecule has 0 fully saturated rings. The summed E-state index contributed by atoms with van der Waals surface area (Å²) < 4.78 is 1.20. The molecule has 0 aliphatic heterocycles. The lowest BCUT2D eigenvalue weighted by atomic mass is 10.2. The number of hydrogen-bond donors (Lipinski definition) is 0. The summed E-state index contributed by atoms with van der Waals surface area (Å²) in [4.78, 5) is 3.95. The lowest BCUT2D eigenvalue weighted by molar-refractivity contribution is 1.32. The van der Waals surface area contributed by atoms with Crippen LogP contribution >= 0.6 is 22.6 Å². The number of halogens is 1. The first-order chi connectivity index (χ1) is 7.34. The minimum absolute atomic E-state index is 0.990. The van der Waals surface area contributed by atoms with Crippen molar-refractivity contribution in [2.75, 3.05) is 0 Å². The Morgan fingerprint density at radius 2 is 1.67 bits per heavy atom. The van der Waals surface area contributed by atoms with Crippen LogP contribution in [-0.4, -0.2) is 4.98 Å². The molecular formula is C13H8IN. The topological polar surface area (TPSA) is 12.9 Å². The van der Waals surface area contributed by atoms with Gasteiger partial charge in [0.05, 0.1) is 0 Å². The number of rotatable bonds is 0. The van der Waals surface area contributed by atoms with Crippen molar-refractivity contribution >= 4 is 22.6 Å². The Bertz CT molecular complexity index is 509. The van der Waals surface area contributed by atoms with E-state index in [0.717, 1.165) is 11.1 Å². The van der Waals surface area contributed by atoms with Crippen LogP contribution in [0.4, 0.5) is 0 Å². The van der Waals surface area contributed by atoms with Crippen LogP contribution in [0.15, 0.2) is 48.8 Å². The van der Waals surface area contributed by atoms with Gasteiger partial charge in [0.2, 0.25) is 0 Å². The van der Waals surface area contributed by atoms with E-state index in [1.54, 1.807) is 12.4 Å². The molecule has 1 aromatic heterocycles. The van der Waals surface area contributed by atoms with E-state index < -0.39 is 0 Å². The molecule has 0 spiro atoms. The highest BCUT2D eigenvalue weighted by atomic mass is 127. The summed E-state index contributed by atoms with van der Waals surface area (Å²) in [5.41, 5.74) is 2.03. The third-order valence-electron chi connectivity index (χ3n) is 1.86. The van der Waals surface area contributed by atoms with E-state index in [4.69, 9.17) is 0 Å². The van der Waals surface area contributed by atoms with E-state index in [1.165, 1.54) is 3.57 Å². The van der Waals surface area contributed by atoms with E-state index in [2.05, 4.69) is 51.5 Å². The maximum atomic E-state index is 3.95. The SMILES string of the molecule is Ic1cccc(C#Cc2ccncc2)c1. The van der Waals surface area contributed by atoms with Crippen LogP contribution in [0.1, 0.15) is 11.1 Å². The second-order valence-corrected chi connectivity index (χ2v) is 4.24. The quantitative estimate of drug-likeness (QED) is 0.538. The van der Waals surface area contributed by atoms with Crippen molar-refractivity contribution in [2.24, 2.45) is 0 Å². The van der Waals surface area contributed by atoms with Crippen molar-refractivity contribution in [1.82, 2.24) is 4.98 Å². The fraction of sp³-hybridized carbons (Fsp3) is 0. The van der Waals surface area contributed by atoms with E-state index in [0.29, 0.717) is 0 Å². The Hall–Kier alpha value is -1.34. The summed E-state index contributed by atoms with van der Waals surface area (Å²) in [6, 6.07) is 11.9. The molecule has 15 heavy (non-hydrogen) atoms. The molecule has 2 rings (SSSR count). The third kappa shape index (κ3) is 3.07. The van der Waals surface area contributed by atoms with Gasteiger partial charge in [-0.05, 0) is 52.9 Å². The highest BCUT2D eigenvalue weighted by Crippen LogP contribution is 2.06. The van der Waals surface area contributed by atoms with Gasteiger partial charge in [0.1, 0.15) is 0 Å². The first-order valence-electron chi connectivity index (χ1n) is 4.52. The van der Waals surface area contributed by atoms with E-state index >= 15 is 0 Å². The van der Waals surface area contributed by atoms with Crippen molar-refractivity contribution < 1.29 is 0 Å². The minimum Gasteiger partial charge on any atom is -0.265 e. The molecule has 2 heteroatoms. The molecule has 2 aromatic rings. The van der Waals surface area contributed by atoms with Crippen LogP contribution < -0.4 is 0 Å². The van der Waals surface area contributed by atoms with Gasteiger partial charge in [-0.2, -0.15) is 0 Å². The Balaban J connectivity index is 2.26. The second kappa shape index (κ2) is 4.94. The van der Waals surface area contributed by atoms with Gasteiger partial charge in [0.15, 0.2) is 0 Å². The smallest absolute Gasteiger partial charge is 0.0280 e. The molecule has 0 radical (unpaired) electrons. The Morgan fingerprint density at radius 1 is 0.933 bits per heavy atom. The molecule has 0 amide bonds. The maximum Gasteiger partial charge on any atom is 0.0280 e. The molecular weight excluding hydrogens is 297 g/mol. The zero-order chi connectivity index (χ0) is 10.5. The first kappa shape index (κ1) is 10.2. The van der Waals surface area contributed by atoms with Crippen LogP contribution in [0.25, 0.3) is 0 Å². The average Bonchev–Trinajstić information content (AvgIpc) is 2.28. The zero-order valence-electron chi connectivity index (χ0n) is 7.94. The number of aromatic nitrogens is 1. The number of hydrogen-bond acceptors (Lipinski definition) is 1. The number of benzene rings is 1. The summed E-state index contributed by atoms with van der Waals surface area (Å²) in [6.45, 7) is 0. The van der Waals surface area contributed by atoms with Crippen molar-refractivity contribution in [1.29, 1.82) is 0 Å². The highest BCUT2D eigenvalue weighted by molar-refractivity contribution is 14.1. The van der Waals surface area contributed by atoms with E-state index in [-0.39, 0.29) is 0 Å². The van der Waals surface area contributed by atoms with Crippen LogP contribution in [0, 0.1) is 15.4 Å². The van der Waals surface area contributed by atoms with Crippen molar-refractivity contribution in [3.8, 4) is 11.8 Å². The molecule has 0 saturated carbocycles.